The molecule has 3 aromatic rings. The maximum Gasteiger partial charge on any atom is 0.207 e. The van der Waals surface area contributed by atoms with Gasteiger partial charge in [-0.15, -0.1) is 0 Å². The molecule has 1 fully saturated rings. The SMILES string of the molecule is CC1(C)c2nc(N3CCC(O)CC3)sc2C(=O)c2c1[nH]c1cc(C#N)ccc21. The average Bonchev–Trinajstić information content (AvgIpc) is 3.30. The number of rotatable bonds is 1. The Morgan fingerprint density at radius 3 is 2.82 bits per heavy atom. The van der Waals surface area contributed by atoms with Gasteiger partial charge in [0.2, 0.25) is 5.78 Å². The van der Waals surface area contributed by atoms with E-state index in [1.165, 1.54) is 11.3 Å². The van der Waals surface area contributed by atoms with Crippen molar-refractivity contribution in [3.05, 3.63) is 45.6 Å². The minimum absolute atomic E-state index is 0.000997. The zero-order chi connectivity index (χ0) is 19.6. The molecule has 1 aromatic carbocycles. The van der Waals surface area contributed by atoms with Gasteiger partial charge in [-0.3, -0.25) is 4.79 Å². The molecular weight excluding hydrogens is 372 g/mol. The van der Waals surface area contributed by atoms with E-state index in [2.05, 4.69) is 29.8 Å². The van der Waals surface area contributed by atoms with Crippen LogP contribution in [0, 0.1) is 11.3 Å². The van der Waals surface area contributed by atoms with E-state index in [-0.39, 0.29) is 11.9 Å². The molecule has 0 saturated carbocycles. The second-order valence-corrected chi connectivity index (χ2v) is 9.07. The van der Waals surface area contributed by atoms with Gasteiger partial charge in [0.05, 0.1) is 29.0 Å². The Balaban J connectivity index is 1.64. The van der Waals surface area contributed by atoms with Crippen LogP contribution in [0.3, 0.4) is 0 Å². The van der Waals surface area contributed by atoms with E-state index in [0.717, 1.165) is 53.4 Å². The first-order valence-electron chi connectivity index (χ1n) is 9.45. The number of aromatic nitrogens is 2. The fourth-order valence-electron chi connectivity index (χ4n) is 4.28. The molecule has 142 valence electrons. The molecule has 7 heteroatoms. The third kappa shape index (κ3) is 2.35. The standard InChI is InChI=1S/C21H20N4O2S/c1-21(2)18-15(13-4-3-11(10-22)9-14(13)23-18)16(27)17-19(21)24-20(28-17)25-7-5-12(26)6-8-25/h3-4,9,12,23,26H,5-8H2,1-2H3. The number of thiazole rings is 1. The van der Waals surface area contributed by atoms with E-state index in [1.807, 2.05) is 6.07 Å². The molecule has 28 heavy (non-hydrogen) atoms. The Labute approximate surface area is 166 Å². The highest BCUT2D eigenvalue weighted by molar-refractivity contribution is 7.18. The number of ketones is 1. The lowest BCUT2D eigenvalue weighted by molar-refractivity contribution is 0.103. The maximum atomic E-state index is 13.4. The summed E-state index contributed by atoms with van der Waals surface area (Å²) in [7, 11) is 0. The number of carbonyl (C=O) groups is 1. The summed E-state index contributed by atoms with van der Waals surface area (Å²) in [5, 5.41) is 20.7. The quantitative estimate of drug-likeness (QED) is 0.663. The second kappa shape index (κ2) is 5.90. The van der Waals surface area contributed by atoms with Gasteiger partial charge in [-0.1, -0.05) is 17.4 Å². The van der Waals surface area contributed by atoms with Gasteiger partial charge in [-0.05, 0) is 38.8 Å². The van der Waals surface area contributed by atoms with Gasteiger partial charge < -0.3 is 15.0 Å². The van der Waals surface area contributed by atoms with Crippen molar-refractivity contribution in [2.75, 3.05) is 18.0 Å². The van der Waals surface area contributed by atoms with Crippen LogP contribution in [0.25, 0.3) is 10.9 Å². The van der Waals surface area contributed by atoms with Gasteiger partial charge in [0.25, 0.3) is 0 Å². The fourth-order valence-corrected chi connectivity index (χ4v) is 5.51. The summed E-state index contributed by atoms with van der Waals surface area (Å²) >= 11 is 1.45. The third-order valence-electron chi connectivity index (χ3n) is 5.93. The number of benzene rings is 1. The van der Waals surface area contributed by atoms with Crippen molar-refractivity contribution < 1.29 is 9.90 Å². The molecule has 1 saturated heterocycles. The van der Waals surface area contributed by atoms with E-state index in [0.29, 0.717) is 16.0 Å². The number of carbonyl (C=O) groups excluding carboxylic acids is 1. The molecule has 6 nitrogen and oxygen atoms in total. The highest BCUT2D eigenvalue weighted by atomic mass is 32.1. The molecule has 0 atom stereocenters. The minimum atomic E-state index is -0.436. The first kappa shape index (κ1) is 17.4. The first-order valence-corrected chi connectivity index (χ1v) is 10.3. The summed E-state index contributed by atoms with van der Waals surface area (Å²) < 4.78 is 0. The highest BCUT2D eigenvalue weighted by Crippen LogP contribution is 2.46. The molecule has 1 aliphatic heterocycles. The predicted octanol–water partition coefficient (Wildman–Crippen LogP) is 3.33. The van der Waals surface area contributed by atoms with Gasteiger partial charge >= 0.3 is 0 Å². The first-order chi connectivity index (χ1) is 13.4. The lowest BCUT2D eigenvalue weighted by Gasteiger charge is -2.29. The molecule has 2 aromatic heterocycles. The van der Waals surface area contributed by atoms with Crippen molar-refractivity contribution in [3.8, 4) is 6.07 Å². The summed E-state index contributed by atoms with van der Waals surface area (Å²) in [5.74, 6) is 0.000997. The topological polar surface area (TPSA) is 93.0 Å². The molecule has 5 rings (SSSR count). The Hall–Kier alpha value is -2.69. The molecule has 0 radical (unpaired) electrons. The second-order valence-electron chi connectivity index (χ2n) is 8.09. The largest absolute Gasteiger partial charge is 0.393 e. The van der Waals surface area contributed by atoms with E-state index in [1.54, 1.807) is 12.1 Å². The van der Waals surface area contributed by atoms with Gasteiger partial charge in [0.15, 0.2) is 5.13 Å². The van der Waals surface area contributed by atoms with Gasteiger partial charge in [0.1, 0.15) is 4.88 Å². The van der Waals surface area contributed by atoms with Crippen LogP contribution in [-0.4, -0.2) is 40.1 Å². The summed E-state index contributed by atoms with van der Waals surface area (Å²) in [5.41, 5.74) is 3.31. The number of fused-ring (bicyclic) bond motifs is 4. The van der Waals surface area contributed by atoms with Gasteiger partial charge in [-0.25, -0.2) is 4.98 Å². The van der Waals surface area contributed by atoms with Crippen LogP contribution in [0.2, 0.25) is 0 Å². The lowest BCUT2D eigenvalue weighted by Crippen LogP contribution is -2.35. The number of hydrogen-bond acceptors (Lipinski definition) is 6. The number of aliphatic hydroxyl groups excluding tert-OH is 1. The molecule has 0 amide bonds. The predicted molar refractivity (Wildman–Crippen MR) is 108 cm³/mol. The number of nitrogens with zero attached hydrogens (tertiary/aromatic N) is 3. The van der Waals surface area contributed by atoms with E-state index in [9.17, 15) is 15.2 Å². The van der Waals surface area contributed by atoms with Gasteiger partial charge in [0, 0.05) is 35.1 Å². The fraction of sp³-hybridized carbons (Fsp3) is 0.381. The summed E-state index contributed by atoms with van der Waals surface area (Å²) in [4.78, 5) is 24.5. The minimum Gasteiger partial charge on any atom is -0.393 e. The normalized spacial score (nSPS) is 18.8. The van der Waals surface area contributed by atoms with E-state index < -0.39 is 5.41 Å². The smallest absolute Gasteiger partial charge is 0.207 e. The number of nitrogens with one attached hydrogen (secondary N) is 1. The lowest BCUT2D eigenvalue weighted by atomic mass is 9.77. The number of piperidine rings is 1. The van der Waals surface area contributed by atoms with Crippen molar-refractivity contribution in [1.82, 2.24) is 9.97 Å². The van der Waals surface area contributed by atoms with Crippen molar-refractivity contribution in [2.45, 2.75) is 38.2 Å². The molecule has 2 aliphatic rings. The summed E-state index contributed by atoms with van der Waals surface area (Å²) in [6.45, 7) is 5.68. The zero-order valence-corrected chi connectivity index (χ0v) is 16.6. The molecule has 0 unspecified atom stereocenters. The van der Waals surface area contributed by atoms with Crippen LogP contribution in [-0.2, 0) is 5.41 Å². The monoisotopic (exact) mass is 392 g/mol. The molecule has 0 bridgehead atoms. The van der Waals surface area contributed by atoms with E-state index >= 15 is 0 Å². The van der Waals surface area contributed by atoms with Crippen LogP contribution in [0.5, 0.6) is 0 Å². The molecular formula is C21H20N4O2S. The highest BCUT2D eigenvalue weighted by Gasteiger charge is 2.43. The molecule has 1 aliphatic carbocycles. The Morgan fingerprint density at radius 2 is 2.11 bits per heavy atom. The van der Waals surface area contributed by atoms with Crippen LogP contribution < -0.4 is 4.90 Å². The number of aromatic amines is 1. The molecule has 3 heterocycles. The Kier molecular flexibility index (Phi) is 3.67. The van der Waals surface area contributed by atoms with Crippen LogP contribution in [0.1, 0.15) is 58.9 Å². The Morgan fingerprint density at radius 1 is 1.36 bits per heavy atom. The zero-order valence-electron chi connectivity index (χ0n) is 15.7. The summed E-state index contributed by atoms with van der Waals surface area (Å²) in [6.07, 6.45) is 1.22. The third-order valence-corrected chi connectivity index (χ3v) is 7.04. The van der Waals surface area contributed by atoms with Crippen molar-refractivity contribution in [1.29, 1.82) is 5.26 Å². The number of anilines is 1. The Bertz CT molecular complexity index is 1160. The van der Waals surface area contributed by atoms with Crippen LogP contribution in [0.15, 0.2) is 18.2 Å². The maximum absolute atomic E-state index is 13.4. The van der Waals surface area contributed by atoms with Crippen LogP contribution in [0.4, 0.5) is 5.13 Å². The van der Waals surface area contributed by atoms with Crippen molar-refractivity contribution >= 4 is 33.2 Å². The van der Waals surface area contributed by atoms with Crippen molar-refractivity contribution in [2.24, 2.45) is 0 Å². The number of hydrogen-bond donors (Lipinski definition) is 2. The number of aliphatic hydroxyl groups is 1. The number of nitriles is 1. The average molecular weight is 392 g/mol. The number of H-pyrrole nitrogens is 1. The van der Waals surface area contributed by atoms with Crippen LogP contribution >= 0.6 is 11.3 Å². The van der Waals surface area contributed by atoms with Gasteiger partial charge in [-0.2, -0.15) is 5.26 Å². The van der Waals surface area contributed by atoms with Crippen molar-refractivity contribution in [3.63, 3.8) is 0 Å². The summed E-state index contributed by atoms with van der Waals surface area (Å²) in [6, 6.07) is 7.56. The van der Waals surface area contributed by atoms with E-state index in [4.69, 9.17) is 4.98 Å². The molecule has 2 N–H and O–H groups in total. The molecule has 0 spiro atoms.